The van der Waals surface area contributed by atoms with Crippen LogP contribution in [0.4, 0.5) is 0 Å². The second-order valence-electron chi connectivity index (χ2n) is 3.53. The Balaban J connectivity index is 2.60. The van der Waals surface area contributed by atoms with Crippen molar-refractivity contribution in [2.45, 2.75) is 6.92 Å². The Kier molecular flexibility index (Phi) is 3.01. The third-order valence-electron chi connectivity index (χ3n) is 2.32. The number of para-hydroxylation sites is 1. The van der Waals surface area contributed by atoms with E-state index in [0.29, 0.717) is 17.3 Å². The van der Waals surface area contributed by atoms with Crippen molar-refractivity contribution in [3.8, 4) is 23.2 Å². The molecular weight excluding hydrogens is 214 g/mol. The normalized spacial score (nSPS) is 9.71. The van der Waals surface area contributed by atoms with Gasteiger partial charge in [-0.25, -0.2) is 9.97 Å². The van der Waals surface area contributed by atoms with Crippen LogP contribution < -0.4 is 4.74 Å². The second-order valence-corrected chi connectivity index (χ2v) is 3.53. The molecule has 0 spiro atoms. The molecule has 4 nitrogen and oxygen atoms in total. The van der Waals surface area contributed by atoms with Gasteiger partial charge < -0.3 is 4.74 Å². The van der Waals surface area contributed by atoms with Crippen molar-refractivity contribution in [3.05, 3.63) is 41.7 Å². The van der Waals surface area contributed by atoms with E-state index < -0.39 is 0 Å². The highest BCUT2D eigenvalue weighted by Gasteiger charge is 2.09. The van der Waals surface area contributed by atoms with Gasteiger partial charge in [0.1, 0.15) is 17.5 Å². The number of nitriles is 1. The minimum atomic E-state index is 0.360. The molecule has 0 unspecified atom stereocenters. The standard InChI is InChI=1S/C13H11N3O/c1-9-7-10(8-14)16-13(15-9)11-5-3-4-6-12(11)17-2/h3-7H,1-2H3. The van der Waals surface area contributed by atoms with Crippen LogP contribution in [0, 0.1) is 18.3 Å². The maximum atomic E-state index is 8.89. The van der Waals surface area contributed by atoms with E-state index in [2.05, 4.69) is 9.97 Å². The molecule has 1 aromatic heterocycles. The van der Waals surface area contributed by atoms with Crippen LogP contribution in [0.1, 0.15) is 11.4 Å². The molecule has 17 heavy (non-hydrogen) atoms. The first kappa shape index (κ1) is 11.1. The lowest BCUT2D eigenvalue weighted by Gasteiger charge is -2.07. The molecule has 1 heterocycles. The van der Waals surface area contributed by atoms with Gasteiger partial charge in [-0.3, -0.25) is 0 Å². The number of rotatable bonds is 2. The second kappa shape index (κ2) is 4.62. The molecule has 0 fully saturated rings. The van der Waals surface area contributed by atoms with Gasteiger partial charge in [-0.05, 0) is 25.1 Å². The Bertz CT molecular complexity index is 587. The van der Waals surface area contributed by atoms with Gasteiger partial charge in [0.05, 0.1) is 12.7 Å². The molecule has 0 atom stereocenters. The van der Waals surface area contributed by atoms with Gasteiger partial charge in [0.25, 0.3) is 0 Å². The number of hydrogen-bond donors (Lipinski definition) is 0. The SMILES string of the molecule is COc1ccccc1-c1nc(C)cc(C#N)n1. The van der Waals surface area contributed by atoms with Gasteiger partial charge in [-0.2, -0.15) is 5.26 Å². The summed E-state index contributed by atoms with van der Waals surface area (Å²) in [5.74, 6) is 1.21. The van der Waals surface area contributed by atoms with E-state index >= 15 is 0 Å². The molecule has 0 saturated carbocycles. The third kappa shape index (κ3) is 2.23. The predicted molar refractivity (Wildman–Crippen MR) is 63.5 cm³/mol. The Labute approximate surface area is 99.5 Å². The summed E-state index contributed by atoms with van der Waals surface area (Å²) < 4.78 is 5.25. The molecule has 2 aromatic rings. The first-order chi connectivity index (χ1) is 8.24. The Morgan fingerprint density at radius 3 is 2.71 bits per heavy atom. The van der Waals surface area contributed by atoms with Crippen molar-refractivity contribution < 1.29 is 4.74 Å². The molecule has 0 aliphatic rings. The van der Waals surface area contributed by atoms with E-state index in [1.165, 1.54) is 0 Å². The number of hydrogen-bond acceptors (Lipinski definition) is 4. The largest absolute Gasteiger partial charge is 0.496 e. The summed E-state index contributed by atoms with van der Waals surface area (Å²) in [6.45, 7) is 1.83. The lowest BCUT2D eigenvalue weighted by molar-refractivity contribution is 0.416. The Hall–Kier alpha value is -2.41. The highest BCUT2D eigenvalue weighted by atomic mass is 16.5. The van der Waals surface area contributed by atoms with E-state index in [-0.39, 0.29) is 0 Å². The summed E-state index contributed by atoms with van der Waals surface area (Å²) in [6, 6.07) is 11.1. The summed E-state index contributed by atoms with van der Waals surface area (Å²) in [7, 11) is 1.60. The zero-order valence-electron chi connectivity index (χ0n) is 9.64. The van der Waals surface area contributed by atoms with Crippen molar-refractivity contribution in [1.82, 2.24) is 9.97 Å². The molecule has 84 valence electrons. The Morgan fingerprint density at radius 1 is 1.24 bits per heavy atom. The highest BCUT2D eigenvalue weighted by Crippen LogP contribution is 2.26. The molecule has 0 bridgehead atoms. The van der Waals surface area contributed by atoms with Crippen molar-refractivity contribution in [3.63, 3.8) is 0 Å². The van der Waals surface area contributed by atoms with Crippen molar-refractivity contribution in [2.75, 3.05) is 7.11 Å². The molecule has 0 amide bonds. The lowest BCUT2D eigenvalue weighted by atomic mass is 10.2. The van der Waals surface area contributed by atoms with E-state index in [4.69, 9.17) is 10.00 Å². The number of methoxy groups -OCH3 is 1. The molecule has 0 saturated heterocycles. The van der Waals surface area contributed by atoms with Crippen LogP contribution in [0.3, 0.4) is 0 Å². The van der Waals surface area contributed by atoms with E-state index in [9.17, 15) is 0 Å². The average molecular weight is 225 g/mol. The van der Waals surface area contributed by atoms with Gasteiger partial charge in [-0.15, -0.1) is 0 Å². The molecule has 0 radical (unpaired) electrons. The average Bonchev–Trinajstić information content (AvgIpc) is 2.37. The van der Waals surface area contributed by atoms with Crippen LogP contribution in [0.15, 0.2) is 30.3 Å². The maximum absolute atomic E-state index is 8.89. The van der Waals surface area contributed by atoms with Crippen molar-refractivity contribution in [1.29, 1.82) is 5.26 Å². The molecule has 1 aromatic carbocycles. The fourth-order valence-corrected chi connectivity index (χ4v) is 1.58. The minimum Gasteiger partial charge on any atom is -0.496 e. The molecular formula is C13H11N3O. The van der Waals surface area contributed by atoms with Gasteiger partial charge in [0.2, 0.25) is 0 Å². The minimum absolute atomic E-state index is 0.360. The first-order valence-corrected chi connectivity index (χ1v) is 5.14. The van der Waals surface area contributed by atoms with Crippen LogP contribution in [-0.4, -0.2) is 17.1 Å². The number of benzene rings is 1. The zero-order chi connectivity index (χ0) is 12.3. The van der Waals surface area contributed by atoms with E-state index in [1.54, 1.807) is 13.2 Å². The van der Waals surface area contributed by atoms with Gasteiger partial charge in [0.15, 0.2) is 5.82 Å². The highest BCUT2D eigenvalue weighted by molar-refractivity contribution is 5.64. The van der Waals surface area contributed by atoms with Crippen LogP contribution in [-0.2, 0) is 0 Å². The summed E-state index contributed by atoms with van der Waals surface area (Å²) in [5.41, 5.74) is 1.91. The number of aromatic nitrogens is 2. The summed E-state index contributed by atoms with van der Waals surface area (Å²) in [5, 5.41) is 8.89. The van der Waals surface area contributed by atoms with E-state index in [1.807, 2.05) is 37.3 Å². The van der Waals surface area contributed by atoms with Crippen LogP contribution in [0.5, 0.6) is 5.75 Å². The predicted octanol–water partition coefficient (Wildman–Crippen LogP) is 2.33. The monoisotopic (exact) mass is 225 g/mol. The summed E-state index contributed by atoms with van der Waals surface area (Å²) in [6.07, 6.45) is 0. The van der Waals surface area contributed by atoms with Crippen LogP contribution in [0.25, 0.3) is 11.4 Å². The molecule has 2 rings (SSSR count). The topological polar surface area (TPSA) is 58.8 Å². The lowest BCUT2D eigenvalue weighted by Crippen LogP contribution is -1.97. The Morgan fingerprint density at radius 2 is 2.00 bits per heavy atom. The quantitative estimate of drug-likeness (QED) is 0.787. The fourth-order valence-electron chi connectivity index (χ4n) is 1.58. The number of ether oxygens (including phenoxy) is 1. The van der Waals surface area contributed by atoms with Crippen LogP contribution in [0.2, 0.25) is 0 Å². The van der Waals surface area contributed by atoms with Crippen LogP contribution >= 0.6 is 0 Å². The van der Waals surface area contributed by atoms with Gasteiger partial charge in [0, 0.05) is 5.69 Å². The van der Waals surface area contributed by atoms with Gasteiger partial charge in [-0.1, -0.05) is 12.1 Å². The maximum Gasteiger partial charge on any atom is 0.164 e. The first-order valence-electron chi connectivity index (χ1n) is 5.14. The molecule has 4 heteroatoms. The number of aryl methyl sites for hydroxylation is 1. The molecule has 0 aliphatic heterocycles. The molecule has 0 N–H and O–H groups in total. The zero-order valence-corrected chi connectivity index (χ0v) is 9.64. The third-order valence-corrected chi connectivity index (χ3v) is 2.32. The van der Waals surface area contributed by atoms with E-state index in [0.717, 1.165) is 11.3 Å². The fraction of sp³-hybridized carbons (Fsp3) is 0.154. The van der Waals surface area contributed by atoms with Crippen molar-refractivity contribution in [2.24, 2.45) is 0 Å². The van der Waals surface area contributed by atoms with Crippen molar-refractivity contribution >= 4 is 0 Å². The summed E-state index contributed by atoms with van der Waals surface area (Å²) in [4.78, 5) is 8.50. The van der Waals surface area contributed by atoms with Gasteiger partial charge >= 0.3 is 0 Å². The molecule has 0 aliphatic carbocycles. The smallest absolute Gasteiger partial charge is 0.164 e. The number of nitrogens with zero attached hydrogens (tertiary/aromatic N) is 3. The summed E-state index contributed by atoms with van der Waals surface area (Å²) >= 11 is 0.